The number of hydrogen-bond acceptors (Lipinski definition) is 14. The topological polar surface area (TPSA) is 189 Å². The Balaban J connectivity index is 1.11. The van der Waals surface area contributed by atoms with Crippen LogP contribution in [0, 0.1) is 0 Å². The first-order valence-electron chi connectivity index (χ1n) is 24.9. The molecule has 11 atom stereocenters. The summed E-state index contributed by atoms with van der Waals surface area (Å²) in [6, 6.07) is 48.1. The maximum Gasteiger partial charge on any atom is 0.217 e. The summed E-state index contributed by atoms with van der Waals surface area (Å²) in [5.74, 6) is -0.313. The van der Waals surface area contributed by atoms with Gasteiger partial charge in [-0.3, -0.25) is 4.79 Å². The average molecular weight is 1000 g/mol. The van der Waals surface area contributed by atoms with Crippen LogP contribution in [-0.2, 0) is 88.1 Å². The van der Waals surface area contributed by atoms with E-state index in [0.717, 1.165) is 27.8 Å². The summed E-state index contributed by atoms with van der Waals surface area (Å²) in [5.41, 5.74) is 13.1. The minimum Gasteiger partial charge on any atom is -0.381 e. The van der Waals surface area contributed by atoms with E-state index in [1.807, 2.05) is 152 Å². The lowest BCUT2D eigenvalue weighted by Crippen LogP contribution is -2.69. The fourth-order valence-electron chi connectivity index (χ4n) is 8.90. The molecule has 73 heavy (non-hydrogen) atoms. The van der Waals surface area contributed by atoms with Gasteiger partial charge in [0.25, 0.3) is 0 Å². The Hall–Kier alpha value is -5.60. The number of hydrogen-bond donors (Lipinski definition) is 1. The Morgan fingerprint density at radius 2 is 1.15 bits per heavy atom. The minimum absolute atomic E-state index is 0.0537. The third kappa shape index (κ3) is 16.4. The van der Waals surface area contributed by atoms with Crippen molar-refractivity contribution in [3.05, 3.63) is 190 Å². The number of nitrogens with one attached hydrogen (secondary N) is 1. The summed E-state index contributed by atoms with van der Waals surface area (Å²) in [5, 5.41) is 6.61. The molecule has 1 amide bonds. The first-order valence-corrected chi connectivity index (χ1v) is 24.9. The third-order valence-corrected chi connectivity index (χ3v) is 12.4. The molecule has 0 aromatic heterocycles. The van der Waals surface area contributed by atoms with Crippen LogP contribution in [0.3, 0.4) is 0 Å². The Labute approximate surface area is 426 Å². The van der Waals surface area contributed by atoms with Crippen molar-refractivity contribution in [1.29, 1.82) is 0 Å². The van der Waals surface area contributed by atoms with Crippen LogP contribution in [0.25, 0.3) is 10.4 Å². The molecule has 8 rings (SSSR count). The average Bonchev–Trinajstić information content (AvgIpc) is 3.43. The maximum atomic E-state index is 13.2. The van der Waals surface area contributed by atoms with Crippen molar-refractivity contribution < 1.29 is 61.6 Å². The zero-order valence-corrected chi connectivity index (χ0v) is 41.1. The summed E-state index contributed by atoms with van der Waals surface area (Å²) in [7, 11) is 0. The van der Waals surface area contributed by atoms with Crippen molar-refractivity contribution in [1.82, 2.24) is 5.32 Å². The summed E-state index contributed by atoms with van der Waals surface area (Å²) >= 11 is 0. The lowest BCUT2D eigenvalue weighted by molar-refractivity contribution is -0.391. The van der Waals surface area contributed by atoms with E-state index in [0.29, 0.717) is 32.8 Å². The van der Waals surface area contributed by atoms with Gasteiger partial charge in [-0.05, 0) is 34.2 Å². The molecule has 3 heterocycles. The van der Waals surface area contributed by atoms with E-state index in [9.17, 15) is 4.79 Å². The molecule has 3 saturated heterocycles. The second-order valence-corrected chi connectivity index (χ2v) is 17.8. The van der Waals surface area contributed by atoms with Crippen molar-refractivity contribution in [3.63, 3.8) is 0 Å². The largest absolute Gasteiger partial charge is 0.381 e. The number of benzene rings is 5. The molecule has 0 saturated carbocycles. The van der Waals surface area contributed by atoms with Crippen molar-refractivity contribution >= 4 is 5.91 Å². The lowest BCUT2D eigenvalue weighted by atomic mass is 9.94. The first kappa shape index (κ1) is 53.7. The van der Waals surface area contributed by atoms with Crippen LogP contribution < -0.4 is 5.32 Å². The summed E-state index contributed by atoms with van der Waals surface area (Å²) in [6.07, 6.45) is -7.91. The second kappa shape index (κ2) is 29.3. The van der Waals surface area contributed by atoms with Crippen molar-refractivity contribution in [2.45, 2.75) is 107 Å². The molecule has 5 aromatic carbocycles. The predicted molar refractivity (Wildman–Crippen MR) is 267 cm³/mol. The summed E-state index contributed by atoms with van der Waals surface area (Å²) < 4.78 is 79.7. The summed E-state index contributed by atoms with van der Waals surface area (Å²) in [4.78, 5) is 16.0. The van der Waals surface area contributed by atoms with Gasteiger partial charge in [0.2, 0.25) is 5.91 Å². The van der Waals surface area contributed by atoms with Crippen LogP contribution >= 0.6 is 0 Å². The molecule has 17 nitrogen and oxygen atoms in total. The second-order valence-electron chi connectivity index (χ2n) is 17.8. The number of nitrogens with zero attached hydrogens (tertiary/aromatic N) is 3. The van der Waals surface area contributed by atoms with Crippen LogP contribution in [0.15, 0.2) is 157 Å². The van der Waals surface area contributed by atoms with Gasteiger partial charge < -0.3 is 62.2 Å². The van der Waals surface area contributed by atoms with Crippen LogP contribution in [0.1, 0.15) is 47.5 Å². The Bertz CT molecular complexity index is 2380. The highest BCUT2D eigenvalue weighted by molar-refractivity contribution is 5.73. The number of carbonyl (C=O) groups excluding carboxylic acids is 1. The Morgan fingerprint density at radius 3 is 1.75 bits per heavy atom. The fourth-order valence-corrected chi connectivity index (χ4v) is 8.90. The van der Waals surface area contributed by atoms with Crippen LogP contribution in [0.4, 0.5) is 0 Å². The van der Waals surface area contributed by atoms with Gasteiger partial charge in [-0.15, -0.1) is 0 Å². The van der Waals surface area contributed by atoms with E-state index in [2.05, 4.69) is 15.3 Å². The maximum absolute atomic E-state index is 13.2. The van der Waals surface area contributed by atoms with E-state index >= 15 is 0 Å². The predicted octanol–water partition coefficient (Wildman–Crippen LogP) is 8.16. The molecule has 3 aliphatic rings. The van der Waals surface area contributed by atoms with Gasteiger partial charge in [-0.2, -0.15) is 0 Å². The fraction of sp³-hybridized carbons (Fsp3) is 0.446. The molecule has 1 N–H and O–H groups in total. The molecule has 3 fully saturated rings. The van der Waals surface area contributed by atoms with E-state index < -0.39 is 67.6 Å². The number of rotatable bonds is 28. The number of fused-ring (bicyclic) bond motifs is 1. The molecule has 0 spiro atoms. The van der Waals surface area contributed by atoms with Gasteiger partial charge in [0, 0.05) is 37.2 Å². The van der Waals surface area contributed by atoms with E-state index in [1.54, 1.807) is 0 Å². The first-order chi connectivity index (χ1) is 36.0. The van der Waals surface area contributed by atoms with Gasteiger partial charge in [-0.1, -0.05) is 157 Å². The molecule has 17 heteroatoms. The molecule has 5 aromatic rings. The lowest BCUT2D eigenvalue weighted by Gasteiger charge is -2.51. The van der Waals surface area contributed by atoms with Crippen molar-refractivity contribution in [2.24, 2.45) is 5.11 Å². The molecule has 0 unspecified atom stereocenters. The molecule has 0 aliphatic carbocycles. The highest BCUT2D eigenvalue weighted by Gasteiger charge is 2.56. The smallest absolute Gasteiger partial charge is 0.217 e. The summed E-state index contributed by atoms with van der Waals surface area (Å²) in [6.45, 7) is 4.42. The molecular formula is C56H66N4O13. The normalized spacial score (nSPS) is 25.8. The third-order valence-electron chi connectivity index (χ3n) is 12.4. The van der Waals surface area contributed by atoms with E-state index in [4.69, 9.17) is 62.4 Å². The number of carbonyl (C=O) groups is 1. The standard InChI is InChI=1S/C56H66N4O13/c1-40(61)59-48-51(66-35-42-20-9-3-10-21-42)49(46(38-64-34-41-18-7-2-8-19-41)70-55(48)68-37-44-24-13-5-14-25-44)73-56-53(67-36-43-22-11-4-12-23-43)52(65-33-32-63-30-17-29-62-31-28-58-60-57)50-47(71-56)39-69-54(72-50)45-26-15-6-16-27-45/h2-16,18-27,46-56H,17,28-39H2,1H3,(H,59,61)/t46-,47-,48-,49-,50-,51-,52+,53+,54-,55-,56+/m1/s1. The van der Waals surface area contributed by atoms with Crippen molar-refractivity contribution in [3.8, 4) is 0 Å². The van der Waals surface area contributed by atoms with Gasteiger partial charge in [0.1, 0.15) is 48.8 Å². The van der Waals surface area contributed by atoms with Gasteiger partial charge >= 0.3 is 0 Å². The number of amides is 1. The quantitative estimate of drug-likeness (QED) is 0.0219. The molecule has 388 valence electrons. The highest BCUT2D eigenvalue weighted by atomic mass is 16.8. The van der Waals surface area contributed by atoms with Crippen LogP contribution in [0.5, 0.6) is 0 Å². The number of azide groups is 1. The highest BCUT2D eigenvalue weighted by Crippen LogP contribution is 2.39. The monoisotopic (exact) mass is 1000 g/mol. The molecule has 0 bridgehead atoms. The van der Waals surface area contributed by atoms with Gasteiger partial charge in [0.05, 0.1) is 59.5 Å². The SMILES string of the molecule is CC(=O)N[C@H]1[C@H](OCc2ccccc2)O[C@H](COCc2ccccc2)[C@@H](O[C@@H]2O[C@@H]3CO[C@@H](c4ccccc4)O[C@H]3[C@H](OCCOCCCOCCN=[N+]=[N-])[C@@H]2OCc2ccccc2)[C@@H]1OCc1ccccc1. The van der Waals surface area contributed by atoms with Gasteiger partial charge in [-0.25, -0.2) is 0 Å². The van der Waals surface area contributed by atoms with Crippen LogP contribution in [0.2, 0.25) is 0 Å². The molecule has 0 radical (unpaired) electrons. The van der Waals surface area contributed by atoms with Crippen molar-refractivity contribution in [2.75, 3.05) is 52.8 Å². The Kier molecular flexibility index (Phi) is 21.6. The Morgan fingerprint density at radius 1 is 0.589 bits per heavy atom. The minimum atomic E-state index is -1.13. The van der Waals surface area contributed by atoms with Gasteiger partial charge in [0.15, 0.2) is 18.9 Å². The van der Waals surface area contributed by atoms with E-state index in [1.165, 1.54) is 6.92 Å². The van der Waals surface area contributed by atoms with Crippen LogP contribution in [-0.4, -0.2) is 120 Å². The molecular weight excluding hydrogens is 937 g/mol. The number of ether oxygens (including phenoxy) is 12. The zero-order valence-electron chi connectivity index (χ0n) is 41.1. The van der Waals surface area contributed by atoms with E-state index in [-0.39, 0.29) is 58.7 Å². The molecule has 3 aliphatic heterocycles. The zero-order chi connectivity index (χ0) is 50.3.